The van der Waals surface area contributed by atoms with E-state index >= 15 is 0 Å². The van der Waals surface area contributed by atoms with E-state index in [0.717, 1.165) is 36.6 Å². The molecule has 0 heterocycles. The van der Waals surface area contributed by atoms with Crippen molar-refractivity contribution in [3.8, 4) is 5.75 Å². The number of hydrogen-bond donors (Lipinski definition) is 3. The fourth-order valence-electron chi connectivity index (χ4n) is 2.01. The summed E-state index contributed by atoms with van der Waals surface area (Å²) in [4.78, 5) is 0. The van der Waals surface area contributed by atoms with Crippen molar-refractivity contribution in [1.82, 2.24) is 0 Å². The van der Waals surface area contributed by atoms with E-state index in [-0.39, 0.29) is 5.56 Å². The zero-order valence-corrected chi connectivity index (χ0v) is 21.5. The van der Waals surface area contributed by atoms with Gasteiger partial charge in [-0.05, 0) is 47.5 Å². The fourth-order valence-corrected chi connectivity index (χ4v) is 3.70. The van der Waals surface area contributed by atoms with Gasteiger partial charge in [-0.25, -0.2) is 8.42 Å². The lowest BCUT2D eigenvalue weighted by molar-refractivity contribution is -0.0500. The highest BCUT2D eigenvalue weighted by Crippen LogP contribution is 2.27. The van der Waals surface area contributed by atoms with Gasteiger partial charge >= 0.3 is 15.6 Å². The smallest absolute Gasteiger partial charge is 0.376 e. The van der Waals surface area contributed by atoms with E-state index in [1.807, 2.05) is 0 Å². The minimum Gasteiger partial charge on any atom is -0.376 e. The summed E-state index contributed by atoms with van der Waals surface area (Å²) in [7, 11) is -17.6. The molecule has 0 atom stereocenters. The Morgan fingerprint density at radius 2 is 1.11 bits per heavy atom. The van der Waals surface area contributed by atoms with Gasteiger partial charge in [0.05, 0.1) is 17.1 Å². The van der Waals surface area contributed by atoms with Crippen LogP contribution in [0.1, 0.15) is 11.1 Å². The molecule has 2 aromatic carbocycles. The topological polar surface area (TPSA) is 198 Å². The third-order valence-electron chi connectivity index (χ3n) is 3.45. The van der Waals surface area contributed by atoms with Crippen LogP contribution in [0.5, 0.6) is 5.75 Å². The van der Waals surface area contributed by atoms with E-state index in [0.29, 0.717) is 22.1 Å². The third kappa shape index (κ3) is 13.8. The van der Waals surface area contributed by atoms with Gasteiger partial charge in [0.2, 0.25) is 10.0 Å². The van der Waals surface area contributed by atoms with Gasteiger partial charge in [0.15, 0.2) is 0 Å². The van der Waals surface area contributed by atoms with Gasteiger partial charge in [-0.15, -0.1) is 0 Å². The molecule has 0 aliphatic carbocycles. The monoisotopic (exact) mass is 609 g/mol. The van der Waals surface area contributed by atoms with E-state index in [4.69, 9.17) is 9.11 Å². The molecule has 0 unspecified atom stereocenters. The Bertz CT molecular complexity index is 1560. The Kier molecular flexibility index (Phi) is 10.4. The average molecular weight is 610 g/mol. The van der Waals surface area contributed by atoms with Crippen molar-refractivity contribution < 1.29 is 60.1 Å². The first kappa shape index (κ1) is 32.1. The summed E-state index contributed by atoms with van der Waals surface area (Å²) in [6.07, 6.45) is 3.18. The summed E-state index contributed by atoms with van der Waals surface area (Å²) < 4.78 is 144. The normalized spacial score (nSPS) is 13.2. The summed E-state index contributed by atoms with van der Waals surface area (Å²) in [5, 5.41) is 1.10. The Morgan fingerprint density at radius 1 is 0.730 bits per heavy atom. The standard InChI is InChI=1S/C9H7F3O6S2.C9H11NO5S2/c10-9(11,12)20(16,17)18-8-3-1-7(2-4-8)5-6-19(13,14)15;1-16(11,12)10-9-4-2-8(3-5-9)6-7-17(13,14)15/h1-6H,(H,13,14,15);2-7,10H,1H3,(H,13,14,15). The maximum atomic E-state index is 12.0. The molecular weight excluding hydrogens is 591 g/mol. The molecular formula is C18H18F3NO11S4. The lowest BCUT2D eigenvalue weighted by Gasteiger charge is -2.09. The van der Waals surface area contributed by atoms with Crippen molar-refractivity contribution in [1.29, 1.82) is 0 Å². The molecule has 0 fully saturated rings. The number of nitrogens with one attached hydrogen (secondary N) is 1. The number of sulfonamides is 1. The number of benzene rings is 2. The first-order valence-electron chi connectivity index (χ1n) is 9.06. The Labute approximate surface area is 210 Å². The lowest BCUT2D eigenvalue weighted by Crippen LogP contribution is -2.28. The highest BCUT2D eigenvalue weighted by atomic mass is 32.2. The van der Waals surface area contributed by atoms with E-state index in [1.54, 1.807) is 0 Å². The predicted octanol–water partition coefficient (Wildman–Crippen LogP) is 2.69. The quantitative estimate of drug-likeness (QED) is 0.226. The molecule has 0 saturated carbocycles. The molecule has 0 bridgehead atoms. The molecule has 206 valence electrons. The molecule has 3 N–H and O–H groups in total. The number of halogens is 3. The maximum Gasteiger partial charge on any atom is 0.534 e. The van der Waals surface area contributed by atoms with Gasteiger partial charge < -0.3 is 4.18 Å². The Hall–Kier alpha value is -2.97. The average Bonchev–Trinajstić information content (AvgIpc) is 2.70. The van der Waals surface area contributed by atoms with Crippen molar-refractivity contribution in [2.24, 2.45) is 0 Å². The van der Waals surface area contributed by atoms with Gasteiger partial charge in [0, 0.05) is 5.69 Å². The molecule has 0 amide bonds. The van der Waals surface area contributed by atoms with E-state index in [9.17, 15) is 46.8 Å². The number of hydrogen-bond acceptors (Lipinski definition) is 9. The van der Waals surface area contributed by atoms with Gasteiger partial charge in [-0.3, -0.25) is 13.8 Å². The van der Waals surface area contributed by atoms with Crippen LogP contribution in [0.25, 0.3) is 12.2 Å². The molecule has 2 rings (SSSR count). The molecule has 19 heteroatoms. The molecule has 0 aromatic heterocycles. The minimum atomic E-state index is -5.75. The largest absolute Gasteiger partial charge is 0.534 e. The molecule has 0 aliphatic heterocycles. The molecule has 0 aliphatic rings. The highest BCUT2D eigenvalue weighted by Gasteiger charge is 2.48. The van der Waals surface area contributed by atoms with Crippen LogP contribution in [0.15, 0.2) is 59.3 Å². The summed E-state index contributed by atoms with van der Waals surface area (Å²) in [6, 6.07) is 9.96. The SMILES string of the molecule is CS(=O)(=O)Nc1ccc(C=CS(=O)(=O)O)cc1.O=S(=O)(O)C=Cc1ccc(OS(=O)(=O)C(F)(F)F)cc1. The minimum absolute atomic E-state index is 0.194. The second-order valence-electron chi connectivity index (χ2n) is 6.68. The van der Waals surface area contributed by atoms with Crippen LogP contribution < -0.4 is 8.91 Å². The van der Waals surface area contributed by atoms with Crippen molar-refractivity contribution in [3.63, 3.8) is 0 Å². The molecule has 0 spiro atoms. The van der Waals surface area contributed by atoms with Gasteiger partial charge in [0.25, 0.3) is 20.2 Å². The van der Waals surface area contributed by atoms with Crippen LogP contribution in [0.4, 0.5) is 18.9 Å². The van der Waals surface area contributed by atoms with Crippen molar-refractivity contribution >= 4 is 58.2 Å². The van der Waals surface area contributed by atoms with Gasteiger partial charge in [0.1, 0.15) is 5.75 Å². The van der Waals surface area contributed by atoms with Crippen molar-refractivity contribution in [3.05, 3.63) is 70.5 Å². The summed E-state index contributed by atoms with van der Waals surface area (Å²) in [5.74, 6) is -0.591. The summed E-state index contributed by atoms with van der Waals surface area (Å²) >= 11 is 0. The Morgan fingerprint density at radius 3 is 1.43 bits per heavy atom. The molecule has 37 heavy (non-hydrogen) atoms. The van der Waals surface area contributed by atoms with E-state index in [1.165, 1.54) is 30.3 Å². The number of alkyl halides is 3. The van der Waals surface area contributed by atoms with Crippen LogP contribution in [-0.4, -0.2) is 54.5 Å². The number of rotatable bonds is 8. The lowest BCUT2D eigenvalue weighted by atomic mass is 10.2. The molecule has 12 nitrogen and oxygen atoms in total. The van der Waals surface area contributed by atoms with Crippen LogP contribution in [0.3, 0.4) is 0 Å². The van der Waals surface area contributed by atoms with E-state index in [2.05, 4.69) is 8.91 Å². The second-order valence-corrected chi connectivity index (χ2v) is 12.6. The fraction of sp³-hybridized carbons (Fsp3) is 0.111. The van der Waals surface area contributed by atoms with Crippen molar-refractivity contribution in [2.45, 2.75) is 5.51 Å². The van der Waals surface area contributed by atoms with Crippen LogP contribution >= 0.6 is 0 Å². The molecule has 0 saturated heterocycles. The summed E-state index contributed by atoms with van der Waals surface area (Å²) in [5.41, 5.74) is -4.46. The first-order chi connectivity index (χ1) is 16.6. The predicted molar refractivity (Wildman–Crippen MR) is 128 cm³/mol. The Balaban J connectivity index is 0.000000375. The summed E-state index contributed by atoms with van der Waals surface area (Å²) in [6.45, 7) is 0. The second kappa shape index (κ2) is 12.0. The van der Waals surface area contributed by atoms with Crippen molar-refractivity contribution in [2.75, 3.05) is 11.0 Å². The van der Waals surface area contributed by atoms with Crippen LogP contribution in [0.2, 0.25) is 0 Å². The first-order valence-corrected chi connectivity index (χ1v) is 15.4. The zero-order valence-electron chi connectivity index (χ0n) is 18.3. The zero-order chi connectivity index (χ0) is 28.7. The number of anilines is 1. The maximum absolute atomic E-state index is 12.0. The van der Waals surface area contributed by atoms with E-state index < -0.39 is 51.6 Å². The van der Waals surface area contributed by atoms with Crippen LogP contribution in [-0.2, 0) is 40.4 Å². The van der Waals surface area contributed by atoms with Gasteiger partial charge in [-0.1, -0.05) is 24.3 Å². The molecule has 2 aromatic rings. The van der Waals surface area contributed by atoms with Gasteiger partial charge in [-0.2, -0.15) is 38.4 Å². The van der Waals surface area contributed by atoms with Crippen LogP contribution in [0, 0.1) is 0 Å². The third-order valence-corrected chi connectivity index (χ3v) is 5.99. The highest BCUT2D eigenvalue weighted by molar-refractivity contribution is 7.92. The molecule has 0 radical (unpaired) electrons.